The van der Waals surface area contributed by atoms with E-state index in [1.54, 1.807) is 23.0 Å². The normalized spacial score (nSPS) is 11.4. The number of thiazole rings is 1. The first kappa shape index (κ1) is 14.1. The van der Waals surface area contributed by atoms with E-state index < -0.39 is 10.0 Å². The van der Waals surface area contributed by atoms with E-state index in [4.69, 9.17) is 18.0 Å². The lowest BCUT2D eigenvalue weighted by atomic mass is 10.2. The summed E-state index contributed by atoms with van der Waals surface area (Å²) in [6, 6.07) is 6.21. The molecule has 1 aromatic heterocycles. The van der Waals surface area contributed by atoms with Gasteiger partial charge in [-0.15, -0.1) is 11.3 Å². The number of benzene rings is 1. The Bertz CT molecular complexity index is 681. The van der Waals surface area contributed by atoms with Gasteiger partial charge < -0.3 is 5.73 Å². The fourth-order valence-electron chi connectivity index (χ4n) is 1.39. The van der Waals surface area contributed by atoms with Crippen molar-refractivity contribution < 1.29 is 8.42 Å². The summed E-state index contributed by atoms with van der Waals surface area (Å²) < 4.78 is 26.6. The molecule has 8 heteroatoms. The number of hydrogen-bond acceptors (Lipinski definition) is 5. The zero-order chi connectivity index (χ0) is 13.9. The van der Waals surface area contributed by atoms with Crippen molar-refractivity contribution in [3.63, 3.8) is 0 Å². The van der Waals surface area contributed by atoms with Crippen LogP contribution in [0.25, 0.3) is 0 Å². The minimum atomic E-state index is -3.59. The van der Waals surface area contributed by atoms with Crippen LogP contribution in [0, 0.1) is 0 Å². The third kappa shape index (κ3) is 3.57. The number of nitrogens with zero attached hydrogens (tertiary/aromatic N) is 1. The molecule has 0 radical (unpaired) electrons. The fourth-order valence-corrected chi connectivity index (χ4v) is 3.12. The third-order valence-corrected chi connectivity index (χ3v) is 4.63. The molecule has 0 spiro atoms. The number of aromatic nitrogens is 1. The molecule has 0 atom stereocenters. The Morgan fingerprint density at radius 3 is 2.89 bits per heavy atom. The summed E-state index contributed by atoms with van der Waals surface area (Å²) in [5.41, 5.74) is 8.33. The summed E-state index contributed by atoms with van der Waals surface area (Å²) in [4.78, 5) is 4.31. The van der Waals surface area contributed by atoms with Gasteiger partial charge in [-0.3, -0.25) is 0 Å². The number of sulfonamides is 1. The van der Waals surface area contributed by atoms with Crippen LogP contribution in [0.5, 0.6) is 0 Å². The van der Waals surface area contributed by atoms with Gasteiger partial charge in [0, 0.05) is 10.9 Å². The zero-order valence-corrected chi connectivity index (χ0v) is 12.2. The molecule has 2 rings (SSSR count). The van der Waals surface area contributed by atoms with Crippen LogP contribution in [0.4, 0.5) is 0 Å². The van der Waals surface area contributed by atoms with Gasteiger partial charge in [-0.25, -0.2) is 18.1 Å². The van der Waals surface area contributed by atoms with Crippen LogP contribution in [-0.2, 0) is 16.6 Å². The molecule has 0 amide bonds. The smallest absolute Gasteiger partial charge is 0.240 e. The highest BCUT2D eigenvalue weighted by atomic mass is 32.2. The summed E-state index contributed by atoms with van der Waals surface area (Å²) >= 11 is 6.24. The largest absolute Gasteiger partial charge is 0.389 e. The Kier molecular flexibility index (Phi) is 4.25. The zero-order valence-electron chi connectivity index (χ0n) is 9.74. The molecule has 19 heavy (non-hydrogen) atoms. The van der Waals surface area contributed by atoms with Crippen LogP contribution in [0.2, 0.25) is 0 Å². The molecule has 100 valence electrons. The predicted molar refractivity (Wildman–Crippen MR) is 78.5 cm³/mol. The van der Waals surface area contributed by atoms with E-state index in [0.717, 1.165) is 0 Å². The first-order valence-electron chi connectivity index (χ1n) is 5.25. The second-order valence-electron chi connectivity index (χ2n) is 3.70. The maximum absolute atomic E-state index is 12.1. The van der Waals surface area contributed by atoms with Gasteiger partial charge in [-0.2, -0.15) is 0 Å². The number of hydrogen-bond donors (Lipinski definition) is 2. The van der Waals surface area contributed by atoms with Crippen molar-refractivity contribution in [3.05, 3.63) is 46.4 Å². The fraction of sp³-hybridized carbons (Fsp3) is 0.0909. The molecule has 0 saturated carbocycles. The Morgan fingerprint density at radius 1 is 1.47 bits per heavy atom. The van der Waals surface area contributed by atoms with E-state index in [1.807, 2.05) is 0 Å². The second-order valence-corrected chi connectivity index (χ2v) is 6.62. The van der Waals surface area contributed by atoms with Crippen molar-refractivity contribution >= 4 is 38.6 Å². The van der Waals surface area contributed by atoms with Crippen LogP contribution in [0.15, 0.2) is 40.1 Å². The highest BCUT2D eigenvalue weighted by Gasteiger charge is 2.14. The standard InChI is InChI=1S/C11H11N3O2S3/c12-11(17)8-2-1-3-10(4-8)19(15,16)14-5-9-6-18-7-13-9/h1-4,6-7,14H,5H2,(H2,12,17). The molecule has 0 fully saturated rings. The quantitative estimate of drug-likeness (QED) is 0.812. The number of nitrogens with one attached hydrogen (secondary N) is 1. The average molecular weight is 313 g/mol. The molecule has 3 N–H and O–H groups in total. The van der Waals surface area contributed by atoms with Crippen LogP contribution in [0.3, 0.4) is 0 Å². The summed E-state index contributed by atoms with van der Waals surface area (Å²) in [6.07, 6.45) is 0. The molecule has 0 aliphatic heterocycles. The van der Waals surface area contributed by atoms with Crippen molar-refractivity contribution in [2.45, 2.75) is 11.4 Å². The van der Waals surface area contributed by atoms with Crippen molar-refractivity contribution in [3.8, 4) is 0 Å². The Balaban J connectivity index is 2.19. The first-order valence-corrected chi connectivity index (χ1v) is 8.09. The lowest BCUT2D eigenvalue weighted by molar-refractivity contribution is 0.580. The maximum atomic E-state index is 12.1. The van der Waals surface area contributed by atoms with Crippen molar-refractivity contribution in [1.82, 2.24) is 9.71 Å². The molecular weight excluding hydrogens is 302 g/mol. The van der Waals surface area contributed by atoms with E-state index in [1.165, 1.54) is 23.5 Å². The monoisotopic (exact) mass is 313 g/mol. The van der Waals surface area contributed by atoms with E-state index in [0.29, 0.717) is 11.3 Å². The van der Waals surface area contributed by atoms with Crippen molar-refractivity contribution in [1.29, 1.82) is 0 Å². The first-order chi connectivity index (χ1) is 8.99. The lowest BCUT2D eigenvalue weighted by Crippen LogP contribution is -2.23. The topological polar surface area (TPSA) is 85.1 Å². The molecular formula is C11H11N3O2S3. The molecule has 5 nitrogen and oxygen atoms in total. The number of thiocarbonyl (C=S) groups is 1. The van der Waals surface area contributed by atoms with Gasteiger partial charge in [-0.05, 0) is 12.1 Å². The molecule has 2 aromatic rings. The number of rotatable bonds is 5. The lowest BCUT2D eigenvalue weighted by Gasteiger charge is -2.07. The summed E-state index contributed by atoms with van der Waals surface area (Å²) in [5, 5.41) is 1.79. The van der Waals surface area contributed by atoms with Crippen LogP contribution in [-0.4, -0.2) is 18.4 Å². The van der Waals surface area contributed by atoms with Gasteiger partial charge in [0.15, 0.2) is 0 Å². The Labute approximate surface area is 120 Å². The molecule has 1 aromatic carbocycles. The van der Waals surface area contributed by atoms with Crippen molar-refractivity contribution in [2.24, 2.45) is 5.73 Å². The van der Waals surface area contributed by atoms with Gasteiger partial charge >= 0.3 is 0 Å². The highest BCUT2D eigenvalue weighted by molar-refractivity contribution is 7.89. The third-order valence-electron chi connectivity index (χ3n) is 2.36. The SMILES string of the molecule is NC(=S)c1cccc(S(=O)(=O)NCc2cscn2)c1. The van der Waals surface area contributed by atoms with Gasteiger partial charge in [0.2, 0.25) is 10.0 Å². The summed E-state index contributed by atoms with van der Waals surface area (Å²) in [7, 11) is -3.59. The van der Waals surface area contributed by atoms with Gasteiger partial charge in [0.05, 0.1) is 22.6 Å². The van der Waals surface area contributed by atoms with Crippen LogP contribution >= 0.6 is 23.6 Å². The Morgan fingerprint density at radius 2 is 2.26 bits per heavy atom. The molecule has 0 aliphatic carbocycles. The molecule has 0 bridgehead atoms. The molecule has 0 unspecified atom stereocenters. The van der Waals surface area contributed by atoms with Crippen molar-refractivity contribution in [2.75, 3.05) is 0 Å². The number of nitrogens with two attached hydrogens (primary N) is 1. The van der Waals surface area contributed by atoms with Gasteiger partial charge in [0.1, 0.15) is 4.99 Å². The maximum Gasteiger partial charge on any atom is 0.240 e. The minimum absolute atomic E-state index is 0.132. The average Bonchev–Trinajstić information content (AvgIpc) is 2.90. The van der Waals surface area contributed by atoms with Gasteiger partial charge in [0.25, 0.3) is 0 Å². The highest BCUT2D eigenvalue weighted by Crippen LogP contribution is 2.12. The van der Waals surface area contributed by atoms with E-state index in [2.05, 4.69) is 9.71 Å². The predicted octanol–water partition coefficient (Wildman–Crippen LogP) is 1.26. The van der Waals surface area contributed by atoms with Crippen LogP contribution < -0.4 is 10.5 Å². The minimum Gasteiger partial charge on any atom is -0.389 e. The van der Waals surface area contributed by atoms with Crippen LogP contribution in [0.1, 0.15) is 11.3 Å². The van der Waals surface area contributed by atoms with Gasteiger partial charge in [-0.1, -0.05) is 24.4 Å². The van der Waals surface area contributed by atoms with E-state index >= 15 is 0 Å². The van der Waals surface area contributed by atoms with E-state index in [-0.39, 0.29) is 16.4 Å². The second kappa shape index (κ2) is 5.74. The van der Waals surface area contributed by atoms with E-state index in [9.17, 15) is 8.42 Å². The molecule has 1 heterocycles. The Hall–Kier alpha value is -1.35. The summed E-state index contributed by atoms with van der Waals surface area (Å²) in [6.45, 7) is 0.156. The summed E-state index contributed by atoms with van der Waals surface area (Å²) in [5.74, 6) is 0. The molecule has 0 aliphatic rings. The molecule has 0 saturated heterocycles.